The zero-order valence-corrected chi connectivity index (χ0v) is 18.7. The highest BCUT2D eigenvalue weighted by Gasteiger charge is 2.13. The molecule has 0 atom stereocenters. The van der Waals surface area contributed by atoms with Crippen LogP contribution < -0.4 is 10.1 Å². The molecule has 0 saturated carbocycles. The van der Waals surface area contributed by atoms with Gasteiger partial charge in [-0.15, -0.1) is 0 Å². The van der Waals surface area contributed by atoms with Crippen LogP contribution in [-0.4, -0.2) is 5.91 Å². The van der Waals surface area contributed by atoms with Gasteiger partial charge in [-0.05, 0) is 55.0 Å². The summed E-state index contributed by atoms with van der Waals surface area (Å²) in [6, 6.07) is 19.6. The van der Waals surface area contributed by atoms with Crippen molar-refractivity contribution in [2.45, 2.75) is 13.5 Å². The Kier molecular flexibility index (Phi) is 7.59. The van der Waals surface area contributed by atoms with Gasteiger partial charge in [-0.1, -0.05) is 64.6 Å². The number of benzene rings is 3. The van der Waals surface area contributed by atoms with Crippen LogP contribution in [0, 0.1) is 18.3 Å². The number of nitrogens with zero attached hydrogens (tertiary/aromatic N) is 1. The van der Waals surface area contributed by atoms with Crippen LogP contribution in [0.5, 0.6) is 5.75 Å². The van der Waals surface area contributed by atoms with E-state index in [0.29, 0.717) is 38.7 Å². The Hall–Kier alpha value is -2.97. The summed E-state index contributed by atoms with van der Waals surface area (Å²) in [6.07, 6.45) is 1.43. The van der Waals surface area contributed by atoms with E-state index in [9.17, 15) is 10.1 Å². The van der Waals surface area contributed by atoms with Crippen LogP contribution in [0.3, 0.4) is 0 Å². The van der Waals surface area contributed by atoms with Crippen LogP contribution in [0.25, 0.3) is 6.08 Å². The lowest BCUT2D eigenvalue weighted by atomic mass is 10.1. The predicted molar refractivity (Wildman–Crippen MR) is 126 cm³/mol. The zero-order chi connectivity index (χ0) is 22.4. The first-order valence-corrected chi connectivity index (χ1v) is 10.3. The molecule has 3 aromatic rings. The van der Waals surface area contributed by atoms with E-state index < -0.39 is 5.91 Å². The van der Waals surface area contributed by atoms with Gasteiger partial charge in [-0.25, -0.2) is 0 Å². The Bertz CT molecular complexity index is 1200. The van der Waals surface area contributed by atoms with Gasteiger partial charge in [-0.3, -0.25) is 4.79 Å². The Balaban J connectivity index is 1.83. The highest BCUT2D eigenvalue weighted by molar-refractivity contribution is 6.42. The molecular formula is C24H17Cl3N2O2. The minimum atomic E-state index is -0.592. The maximum atomic E-state index is 12.6. The molecule has 0 unspecified atom stereocenters. The minimum Gasteiger partial charge on any atom is -0.488 e. The number of halogens is 3. The van der Waals surface area contributed by atoms with Gasteiger partial charge >= 0.3 is 0 Å². The quantitative estimate of drug-likeness (QED) is 0.308. The average Bonchev–Trinajstić information content (AvgIpc) is 2.74. The lowest BCUT2D eigenvalue weighted by molar-refractivity contribution is -0.112. The van der Waals surface area contributed by atoms with Crippen LogP contribution in [0.15, 0.2) is 66.2 Å². The van der Waals surface area contributed by atoms with Crippen molar-refractivity contribution in [2.24, 2.45) is 0 Å². The highest BCUT2D eigenvalue weighted by Crippen LogP contribution is 2.28. The number of carbonyl (C=O) groups is 1. The molecule has 156 valence electrons. The first kappa shape index (κ1) is 22.7. The summed E-state index contributed by atoms with van der Waals surface area (Å²) in [5.41, 5.74) is 2.95. The molecule has 1 N–H and O–H groups in total. The van der Waals surface area contributed by atoms with E-state index in [-0.39, 0.29) is 5.57 Å². The van der Waals surface area contributed by atoms with Gasteiger partial charge in [0.25, 0.3) is 5.91 Å². The fourth-order valence-electron chi connectivity index (χ4n) is 2.80. The lowest BCUT2D eigenvalue weighted by Gasteiger charge is -2.11. The third kappa shape index (κ3) is 6.26. The van der Waals surface area contributed by atoms with E-state index in [2.05, 4.69) is 5.32 Å². The number of hydrogen-bond donors (Lipinski definition) is 1. The van der Waals surface area contributed by atoms with Crippen molar-refractivity contribution in [2.75, 3.05) is 5.32 Å². The second-order valence-electron chi connectivity index (χ2n) is 6.71. The van der Waals surface area contributed by atoms with Crippen molar-refractivity contribution in [3.63, 3.8) is 0 Å². The van der Waals surface area contributed by atoms with E-state index >= 15 is 0 Å². The molecule has 0 aliphatic rings. The van der Waals surface area contributed by atoms with Crippen LogP contribution in [0.2, 0.25) is 15.1 Å². The van der Waals surface area contributed by atoms with Gasteiger partial charge in [0.05, 0.1) is 10.0 Å². The van der Waals surface area contributed by atoms with Gasteiger partial charge in [-0.2, -0.15) is 5.26 Å². The van der Waals surface area contributed by atoms with E-state index in [0.717, 1.165) is 11.1 Å². The Morgan fingerprint density at radius 1 is 1.06 bits per heavy atom. The monoisotopic (exact) mass is 470 g/mol. The Morgan fingerprint density at radius 3 is 2.58 bits per heavy atom. The second-order valence-corrected chi connectivity index (χ2v) is 7.96. The Morgan fingerprint density at radius 2 is 1.87 bits per heavy atom. The van der Waals surface area contributed by atoms with Crippen molar-refractivity contribution in [1.82, 2.24) is 0 Å². The van der Waals surface area contributed by atoms with Crippen LogP contribution in [-0.2, 0) is 11.4 Å². The molecule has 0 bridgehead atoms. The molecule has 4 nitrogen and oxygen atoms in total. The van der Waals surface area contributed by atoms with Crippen molar-refractivity contribution in [3.05, 3.63) is 98.0 Å². The predicted octanol–water partition coefficient (Wildman–Crippen LogP) is 7.08. The van der Waals surface area contributed by atoms with Crippen molar-refractivity contribution >= 4 is 52.5 Å². The summed E-state index contributed by atoms with van der Waals surface area (Å²) < 4.78 is 5.93. The molecule has 7 heteroatoms. The fraction of sp³-hybridized carbons (Fsp3) is 0.0833. The van der Waals surface area contributed by atoms with Crippen LogP contribution >= 0.6 is 34.8 Å². The first-order chi connectivity index (χ1) is 14.9. The number of amides is 1. The maximum absolute atomic E-state index is 12.6. The third-order valence-electron chi connectivity index (χ3n) is 4.29. The normalized spacial score (nSPS) is 11.0. The number of rotatable bonds is 6. The second kappa shape index (κ2) is 10.4. The highest BCUT2D eigenvalue weighted by atomic mass is 35.5. The molecule has 0 saturated heterocycles. The number of anilines is 1. The summed E-state index contributed by atoms with van der Waals surface area (Å²) in [5, 5.41) is 13.3. The molecule has 0 fully saturated rings. The van der Waals surface area contributed by atoms with E-state index in [1.165, 1.54) is 12.1 Å². The standard InChI is InChI=1S/C24H17Cl3N2O2/c1-15-3-2-4-16(9-15)14-31-23-8-5-19(25)11-17(23)10-18(13-28)24(30)29-20-6-7-21(26)22(27)12-20/h2-12H,14H2,1H3,(H,29,30)/b18-10+. The molecule has 3 rings (SSSR count). The summed E-state index contributed by atoms with van der Waals surface area (Å²) in [5.74, 6) is -0.0912. The first-order valence-electron chi connectivity index (χ1n) is 9.22. The van der Waals surface area contributed by atoms with E-state index in [1.54, 1.807) is 30.3 Å². The van der Waals surface area contributed by atoms with Crippen molar-refractivity contribution < 1.29 is 9.53 Å². The van der Waals surface area contributed by atoms with E-state index in [1.807, 2.05) is 37.3 Å². The van der Waals surface area contributed by atoms with Crippen LogP contribution in [0.4, 0.5) is 5.69 Å². The maximum Gasteiger partial charge on any atom is 0.266 e. The number of ether oxygens (including phenoxy) is 1. The molecule has 0 radical (unpaired) electrons. The van der Waals surface area contributed by atoms with Gasteiger partial charge in [0.2, 0.25) is 0 Å². The van der Waals surface area contributed by atoms with Gasteiger partial charge < -0.3 is 10.1 Å². The SMILES string of the molecule is Cc1cccc(COc2ccc(Cl)cc2/C=C(\C#N)C(=O)Nc2ccc(Cl)c(Cl)c2)c1. The largest absolute Gasteiger partial charge is 0.488 e. The molecule has 0 heterocycles. The summed E-state index contributed by atoms with van der Waals surface area (Å²) in [6.45, 7) is 2.34. The number of carbonyl (C=O) groups excluding carboxylic acids is 1. The van der Waals surface area contributed by atoms with Gasteiger partial charge in [0.15, 0.2) is 0 Å². The topological polar surface area (TPSA) is 62.1 Å². The molecule has 0 aromatic heterocycles. The van der Waals surface area contributed by atoms with E-state index in [4.69, 9.17) is 39.5 Å². The number of nitriles is 1. The molecule has 1 amide bonds. The molecule has 0 aliphatic carbocycles. The van der Waals surface area contributed by atoms with Crippen molar-refractivity contribution in [1.29, 1.82) is 5.26 Å². The Labute approximate surface area is 195 Å². The minimum absolute atomic E-state index is 0.117. The molecule has 3 aromatic carbocycles. The zero-order valence-electron chi connectivity index (χ0n) is 16.5. The smallest absolute Gasteiger partial charge is 0.266 e. The summed E-state index contributed by atoms with van der Waals surface area (Å²) >= 11 is 18.0. The lowest BCUT2D eigenvalue weighted by Crippen LogP contribution is -2.13. The summed E-state index contributed by atoms with van der Waals surface area (Å²) in [4.78, 5) is 12.6. The number of nitrogens with one attached hydrogen (secondary N) is 1. The third-order valence-corrected chi connectivity index (χ3v) is 5.27. The fourth-order valence-corrected chi connectivity index (χ4v) is 3.28. The molecule has 0 aliphatic heterocycles. The van der Waals surface area contributed by atoms with Crippen molar-refractivity contribution in [3.8, 4) is 11.8 Å². The number of hydrogen-bond acceptors (Lipinski definition) is 3. The summed E-state index contributed by atoms with van der Waals surface area (Å²) in [7, 11) is 0. The van der Waals surface area contributed by atoms with Crippen LogP contribution in [0.1, 0.15) is 16.7 Å². The number of aryl methyl sites for hydroxylation is 1. The molecule has 31 heavy (non-hydrogen) atoms. The van der Waals surface area contributed by atoms with Gasteiger partial charge in [0, 0.05) is 16.3 Å². The van der Waals surface area contributed by atoms with Gasteiger partial charge in [0.1, 0.15) is 24.0 Å². The average molecular weight is 472 g/mol. The molecular weight excluding hydrogens is 455 g/mol. The molecule has 0 spiro atoms.